The molecule has 1 aliphatic heterocycles. The molecule has 1 aliphatic carbocycles. The van der Waals surface area contributed by atoms with Gasteiger partial charge in [-0.15, -0.1) is 0 Å². The number of furan rings is 1. The SMILES string of the molecule is CC(NC(=O)c1ccoc1)C(=O)N1CCC(NCC2CC2)CC1. The molecule has 2 heterocycles. The van der Waals surface area contributed by atoms with Gasteiger partial charge in [0.05, 0.1) is 11.8 Å². The van der Waals surface area contributed by atoms with E-state index in [2.05, 4.69) is 10.6 Å². The van der Waals surface area contributed by atoms with Gasteiger partial charge in [-0.2, -0.15) is 0 Å². The summed E-state index contributed by atoms with van der Waals surface area (Å²) in [7, 11) is 0. The summed E-state index contributed by atoms with van der Waals surface area (Å²) < 4.78 is 4.89. The maximum absolute atomic E-state index is 12.5. The van der Waals surface area contributed by atoms with Crippen LogP contribution >= 0.6 is 0 Å². The second-order valence-electron chi connectivity index (χ2n) is 6.66. The lowest BCUT2D eigenvalue weighted by molar-refractivity contribution is -0.133. The van der Waals surface area contributed by atoms with Gasteiger partial charge in [0.2, 0.25) is 5.91 Å². The zero-order valence-corrected chi connectivity index (χ0v) is 13.6. The van der Waals surface area contributed by atoms with Crippen LogP contribution in [0.2, 0.25) is 0 Å². The molecule has 6 nitrogen and oxygen atoms in total. The number of piperidine rings is 1. The smallest absolute Gasteiger partial charge is 0.255 e. The Kier molecular flexibility index (Phi) is 5.00. The third kappa shape index (κ3) is 4.34. The number of hydrogen-bond donors (Lipinski definition) is 2. The molecule has 1 atom stereocenters. The Labute approximate surface area is 136 Å². The average Bonchev–Trinajstić information content (AvgIpc) is 3.23. The van der Waals surface area contributed by atoms with Crippen LogP contribution in [0.25, 0.3) is 0 Å². The van der Waals surface area contributed by atoms with Gasteiger partial charge < -0.3 is 20.0 Å². The van der Waals surface area contributed by atoms with E-state index in [0.29, 0.717) is 11.6 Å². The summed E-state index contributed by atoms with van der Waals surface area (Å²) in [6.45, 7) is 4.37. The zero-order chi connectivity index (χ0) is 16.2. The summed E-state index contributed by atoms with van der Waals surface area (Å²) in [5.74, 6) is 0.593. The van der Waals surface area contributed by atoms with E-state index in [-0.39, 0.29) is 11.8 Å². The molecule has 1 aromatic heterocycles. The van der Waals surface area contributed by atoms with Crippen LogP contribution in [0.15, 0.2) is 23.0 Å². The summed E-state index contributed by atoms with van der Waals surface area (Å²) in [6.07, 6.45) is 7.52. The van der Waals surface area contributed by atoms with Crippen molar-refractivity contribution in [1.29, 1.82) is 0 Å². The quantitative estimate of drug-likeness (QED) is 0.831. The Morgan fingerprint density at radius 2 is 2.04 bits per heavy atom. The van der Waals surface area contributed by atoms with Gasteiger partial charge in [0.15, 0.2) is 0 Å². The molecule has 3 rings (SSSR count). The van der Waals surface area contributed by atoms with Gasteiger partial charge in [0, 0.05) is 19.1 Å². The van der Waals surface area contributed by atoms with Gasteiger partial charge in [-0.25, -0.2) is 0 Å². The Hall–Kier alpha value is -1.82. The lowest BCUT2D eigenvalue weighted by Crippen LogP contribution is -2.51. The molecule has 1 saturated carbocycles. The predicted octanol–water partition coefficient (Wildman–Crippen LogP) is 1.39. The Morgan fingerprint density at radius 3 is 2.65 bits per heavy atom. The van der Waals surface area contributed by atoms with Gasteiger partial charge in [0.25, 0.3) is 5.91 Å². The largest absolute Gasteiger partial charge is 0.472 e. The molecule has 2 N–H and O–H groups in total. The molecule has 2 amide bonds. The second kappa shape index (κ2) is 7.17. The second-order valence-corrected chi connectivity index (χ2v) is 6.66. The number of nitrogens with one attached hydrogen (secondary N) is 2. The first kappa shape index (κ1) is 16.1. The van der Waals surface area contributed by atoms with Crippen molar-refractivity contribution in [3.63, 3.8) is 0 Å². The lowest BCUT2D eigenvalue weighted by atomic mass is 10.0. The molecule has 126 valence electrons. The molecule has 1 unspecified atom stereocenters. The van der Waals surface area contributed by atoms with Gasteiger partial charge >= 0.3 is 0 Å². The number of amides is 2. The van der Waals surface area contributed by atoms with E-state index in [1.807, 2.05) is 4.90 Å². The van der Waals surface area contributed by atoms with Crippen molar-refractivity contribution in [3.05, 3.63) is 24.2 Å². The van der Waals surface area contributed by atoms with Crippen molar-refractivity contribution in [2.24, 2.45) is 5.92 Å². The van der Waals surface area contributed by atoms with E-state index in [0.717, 1.165) is 38.4 Å². The molecule has 0 spiro atoms. The minimum atomic E-state index is -0.520. The number of likely N-dealkylation sites (tertiary alicyclic amines) is 1. The van der Waals surface area contributed by atoms with Gasteiger partial charge in [-0.1, -0.05) is 0 Å². The third-order valence-corrected chi connectivity index (χ3v) is 4.70. The van der Waals surface area contributed by atoms with Crippen LogP contribution in [0, 0.1) is 5.92 Å². The van der Waals surface area contributed by atoms with Crippen molar-refractivity contribution < 1.29 is 14.0 Å². The number of carbonyl (C=O) groups is 2. The standard InChI is InChI=1S/C17H25N3O3/c1-12(19-16(21)14-6-9-23-11-14)17(22)20-7-4-15(5-8-20)18-10-13-2-3-13/h6,9,11-13,15,18H,2-5,7-8,10H2,1H3,(H,19,21). The highest BCUT2D eigenvalue weighted by Crippen LogP contribution is 2.28. The monoisotopic (exact) mass is 319 g/mol. The van der Waals surface area contributed by atoms with E-state index < -0.39 is 6.04 Å². The topological polar surface area (TPSA) is 74.6 Å². The molecular weight excluding hydrogens is 294 g/mol. The summed E-state index contributed by atoms with van der Waals surface area (Å²) in [6, 6.07) is 1.59. The molecule has 2 aliphatic rings. The Bertz CT molecular complexity index is 531. The van der Waals surface area contributed by atoms with E-state index >= 15 is 0 Å². The van der Waals surface area contributed by atoms with Gasteiger partial charge in [-0.05, 0) is 51.1 Å². The fourth-order valence-electron chi connectivity index (χ4n) is 2.97. The van der Waals surface area contributed by atoms with Crippen LogP contribution in [0.1, 0.15) is 43.0 Å². The van der Waals surface area contributed by atoms with E-state index in [4.69, 9.17) is 4.42 Å². The molecule has 23 heavy (non-hydrogen) atoms. The normalized spacial score (nSPS) is 20.3. The molecule has 1 aromatic rings. The van der Waals surface area contributed by atoms with Crippen LogP contribution in [0.3, 0.4) is 0 Å². The first-order valence-electron chi connectivity index (χ1n) is 8.48. The van der Waals surface area contributed by atoms with Gasteiger partial charge in [-0.3, -0.25) is 9.59 Å². The van der Waals surface area contributed by atoms with Crippen molar-refractivity contribution in [2.45, 2.75) is 44.7 Å². The summed E-state index contributed by atoms with van der Waals surface area (Å²) in [4.78, 5) is 26.3. The predicted molar refractivity (Wildman–Crippen MR) is 86.0 cm³/mol. The van der Waals surface area contributed by atoms with Crippen LogP contribution < -0.4 is 10.6 Å². The van der Waals surface area contributed by atoms with Crippen LogP contribution in [-0.4, -0.2) is 48.4 Å². The van der Waals surface area contributed by atoms with Crippen molar-refractivity contribution in [3.8, 4) is 0 Å². The van der Waals surface area contributed by atoms with Crippen molar-refractivity contribution in [2.75, 3.05) is 19.6 Å². The fraction of sp³-hybridized carbons (Fsp3) is 0.647. The molecule has 2 fully saturated rings. The molecule has 1 saturated heterocycles. The summed E-state index contributed by atoms with van der Waals surface area (Å²) in [5.41, 5.74) is 0.438. The Balaban J connectivity index is 1.41. The third-order valence-electron chi connectivity index (χ3n) is 4.70. The fourth-order valence-corrected chi connectivity index (χ4v) is 2.97. The minimum absolute atomic E-state index is 0.0116. The average molecular weight is 319 g/mol. The maximum atomic E-state index is 12.5. The van der Waals surface area contributed by atoms with Gasteiger partial charge in [0.1, 0.15) is 12.3 Å². The molecule has 6 heteroatoms. The van der Waals surface area contributed by atoms with E-state index in [1.165, 1.54) is 25.4 Å². The number of nitrogens with zero attached hydrogens (tertiary/aromatic N) is 1. The minimum Gasteiger partial charge on any atom is -0.472 e. The molecule has 0 aromatic carbocycles. The number of carbonyl (C=O) groups excluding carboxylic acids is 2. The molecular formula is C17H25N3O3. The first-order chi connectivity index (χ1) is 11.1. The maximum Gasteiger partial charge on any atom is 0.255 e. The summed E-state index contributed by atoms with van der Waals surface area (Å²) in [5, 5.41) is 6.34. The highest BCUT2D eigenvalue weighted by molar-refractivity contribution is 5.97. The van der Waals surface area contributed by atoms with Crippen LogP contribution in [-0.2, 0) is 4.79 Å². The first-order valence-corrected chi connectivity index (χ1v) is 8.48. The summed E-state index contributed by atoms with van der Waals surface area (Å²) >= 11 is 0. The Morgan fingerprint density at radius 1 is 1.30 bits per heavy atom. The zero-order valence-electron chi connectivity index (χ0n) is 13.6. The number of rotatable bonds is 6. The van der Waals surface area contributed by atoms with Crippen molar-refractivity contribution in [1.82, 2.24) is 15.5 Å². The van der Waals surface area contributed by atoms with Crippen LogP contribution in [0.4, 0.5) is 0 Å². The molecule has 0 radical (unpaired) electrons. The van der Waals surface area contributed by atoms with Crippen LogP contribution in [0.5, 0.6) is 0 Å². The van der Waals surface area contributed by atoms with Crippen molar-refractivity contribution >= 4 is 11.8 Å². The highest BCUT2D eigenvalue weighted by atomic mass is 16.3. The van der Waals surface area contributed by atoms with E-state index in [9.17, 15) is 9.59 Å². The molecule has 0 bridgehead atoms. The van der Waals surface area contributed by atoms with E-state index in [1.54, 1.807) is 13.0 Å². The highest BCUT2D eigenvalue weighted by Gasteiger charge is 2.28. The lowest BCUT2D eigenvalue weighted by Gasteiger charge is -2.34. The number of hydrogen-bond acceptors (Lipinski definition) is 4.